The van der Waals surface area contributed by atoms with Crippen LogP contribution in [0.25, 0.3) is 16.9 Å². The molecule has 2 atom stereocenters. The first-order chi connectivity index (χ1) is 11.4. The van der Waals surface area contributed by atoms with Gasteiger partial charge in [0, 0.05) is 35.7 Å². The third-order valence-corrected chi connectivity index (χ3v) is 4.59. The number of rotatable bonds is 4. The van der Waals surface area contributed by atoms with E-state index in [4.69, 9.17) is 11.6 Å². The molecule has 2 aromatic heterocycles. The quantitative estimate of drug-likeness (QED) is 0.660. The zero-order chi connectivity index (χ0) is 17.4. The predicted molar refractivity (Wildman–Crippen MR) is 84.4 cm³/mol. The van der Waals surface area contributed by atoms with E-state index in [0.717, 1.165) is 0 Å². The van der Waals surface area contributed by atoms with E-state index in [-0.39, 0.29) is 23.0 Å². The highest BCUT2D eigenvalue weighted by molar-refractivity contribution is 6.18. The van der Waals surface area contributed by atoms with Gasteiger partial charge in [-0.1, -0.05) is 13.8 Å². The Balaban J connectivity index is 2.30. The van der Waals surface area contributed by atoms with Crippen molar-refractivity contribution in [3.63, 3.8) is 0 Å². The molecule has 0 amide bonds. The van der Waals surface area contributed by atoms with E-state index < -0.39 is 17.5 Å². The van der Waals surface area contributed by atoms with Crippen LogP contribution >= 0.6 is 11.6 Å². The van der Waals surface area contributed by atoms with Crippen LogP contribution in [0.15, 0.2) is 24.7 Å². The molecule has 0 radical (unpaired) electrons. The maximum absolute atomic E-state index is 14.3. The van der Waals surface area contributed by atoms with Gasteiger partial charge in [0.05, 0.1) is 11.3 Å². The summed E-state index contributed by atoms with van der Waals surface area (Å²) >= 11 is 5.92. The average Bonchev–Trinajstić information content (AvgIpc) is 2.99. The van der Waals surface area contributed by atoms with Gasteiger partial charge < -0.3 is 0 Å². The van der Waals surface area contributed by atoms with Crippen LogP contribution in [0.5, 0.6) is 0 Å². The summed E-state index contributed by atoms with van der Waals surface area (Å²) in [6.07, 6.45) is 2.74. The fourth-order valence-electron chi connectivity index (χ4n) is 2.51. The maximum atomic E-state index is 14.3. The summed E-state index contributed by atoms with van der Waals surface area (Å²) in [4.78, 5) is 8.39. The van der Waals surface area contributed by atoms with Gasteiger partial charge >= 0.3 is 0 Å². The summed E-state index contributed by atoms with van der Waals surface area (Å²) in [5.41, 5.74) is 0.297. The summed E-state index contributed by atoms with van der Waals surface area (Å²) in [6, 6.07) is 1.28. The number of hydrogen-bond acceptors (Lipinski definition) is 3. The highest BCUT2D eigenvalue weighted by atomic mass is 35.5. The molecular formula is C16H14ClF3N4. The first-order valence-corrected chi connectivity index (χ1v) is 7.87. The molecule has 2 heterocycles. The summed E-state index contributed by atoms with van der Waals surface area (Å²) in [6.45, 7) is 3.78. The molecule has 0 saturated heterocycles. The van der Waals surface area contributed by atoms with Crippen molar-refractivity contribution in [2.75, 3.05) is 5.88 Å². The Kier molecular flexibility index (Phi) is 4.45. The van der Waals surface area contributed by atoms with Gasteiger partial charge in [-0.2, -0.15) is 10.1 Å². The highest BCUT2D eigenvalue weighted by Crippen LogP contribution is 2.35. The Labute approximate surface area is 141 Å². The molecule has 0 bridgehead atoms. The Bertz CT molecular complexity index is 873. The monoisotopic (exact) mass is 354 g/mol. The first-order valence-electron chi connectivity index (χ1n) is 7.33. The largest absolute Gasteiger partial charge is 0.252 e. The summed E-state index contributed by atoms with van der Waals surface area (Å²) in [5, 5.41) is 3.95. The molecule has 24 heavy (non-hydrogen) atoms. The molecule has 1 aromatic carbocycles. The van der Waals surface area contributed by atoms with E-state index >= 15 is 0 Å². The zero-order valence-corrected chi connectivity index (χ0v) is 13.7. The number of halogens is 4. The van der Waals surface area contributed by atoms with E-state index in [9.17, 15) is 13.2 Å². The maximum Gasteiger partial charge on any atom is 0.252 e. The number of fused-ring (bicyclic) bond motifs is 1. The van der Waals surface area contributed by atoms with Gasteiger partial charge in [0.2, 0.25) is 0 Å². The van der Waals surface area contributed by atoms with Gasteiger partial charge in [-0.3, -0.25) is 0 Å². The van der Waals surface area contributed by atoms with Crippen LogP contribution in [0.3, 0.4) is 0 Å². The first kappa shape index (κ1) is 16.7. The Hall–Kier alpha value is -2.15. The third-order valence-electron chi connectivity index (χ3n) is 4.11. The molecule has 8 heteroatoms. The van der Waals surface area contributed by atoms with Crippen LogP contribution in [-0.2, 0) is 0 Å². The lowest BCUT2D eigenvalue weighted by molar-refractivity contribution is 0.525. The highest BCUT2D eigenvalue weighted by Gasteiger charge is 2.25. The molecule has 0 aliphatic rings. The SMILES string of the molecule is CC(CCl)[C@@H](C)c1nc2ncnn2cc1-c1c(F)cc(F)cc1F. The minimum atomic E-state index is -0.999. The van der Waals surface area contributed by atoms with Crippen LogP contribution in [0.1, 0.15) is 25.5 Å². The predicted octanol–water partition coefficient (Wildman–Crippen LogP) is 4.19. The molecule has 0 fully saturated rings. The Morgan fingerprint density at radius 3 is 2.46 bits per heavy atom. The third kappa shape index (κ3) is 2.84. The Morgan fingerprint density at radius 1 is 1.17 bits per heavy atom. The molecule has 0 aliphatic carbocycles. The van der Waals surface area contributed by atoms with Crippen molar-refractivity contribution in [3.05, 3.63) is 47.8 Å². The fraction of sp³-hybridized carbons (Fsp3) is 0.312. The molecule has 1 unspecified atom stereocenters. The minimum Gasteiger partial charge on any atom is -0.215 e. The lowest BCUT2D eigenvalue weighted by Gasteiger charge is -2.20. The van der Waals surface area contributed by atoms with Gasteiger partial charge in [-0.05, 0) is 5.92 Å². The second kappa shape index (κ2) is 6.39. The lowest BCUT2D eigenvalue weighted by Crippen LogP contribution is -2.13. The standard InChI is InChI=1S/C16H14ClF3N4/c1-8(5-17)9(2)15-11(6-24-16(23-15)21-7-22-24)14-12(19)3-10(18)4-13(14)20/h3-4,6-9H,5H2,1-2H3/t8?,9-/m1/s1. The smallest absolute Gasteiger partial charge is 0.215 e. The molecule has 0 saturated carbocycles. The van der Waals surface area contributed by atoms with Crippen molar-refractivity contribution < 1.29 is 13.2 Å². The molecule has 0 spiro atoms. The van der Waals surface area contributed by atoms with Gasteiger partial charge in [0.1, 0.15) is 23.8 Å². The topological polar surface area (TPSA) is 43.1 Å². The van der Waals surface area contributed by atoms with E-state index in [2.05, 4.69) is 15.1 Å². The number of aromatic nitrogens is 4. The number of alkyl halides is 1. The average molecular weight is 355 g/mol. The van der Waals surface area contributed by atoms with Crippen molar-refractivity contribution in [1.82, 2.24) is 19.6 Å². The normalized spacial score (nSPS) is 14.1. The Morgan fingerprint density at radius 2 is 1.83 bits per heavy atom. The van der Waals surface area contributed by atoms with Gasteiger partial charge in [0.25, 0.3) is 5.78 Å². The second-order valence-corrected chi connectivity index (χ2v) is 6.02. The lowest BCUT2D eigenvalue weighted by atomic mass is 9.89. The molecule has 3 rings (SSSR count). The van der Waals surface area contributed by atoms with Crippen molar-refractivity contribution in [3.8, 4) is 11.1 Å². The molecule has 0 aliphatic heterocycles. The van der Waals surface area contributed by atoms with Crippen LogP contribution < -0.4 is 0 Å². The number of benzene rings is 1. The summed E-state index contributed by atoms with van der Waals surface area (Å²) in [7, 11) is 0. The molecule has 3 aromatic rings. The van der Waals surface area contributed by atoms with Gasteiger partial charge in [0.15, 0.2) is 0 Å². The van der Waals surface area contributed by atoms with Crippen LogP contribution in [0.4, 0.5) is 13.2 Å². The van der Waals surface area contributed by atoms with Crippen LogP contribution in [0.2, 0.25) is 0 Å². The van der Waals surface area contributed by atoms with Gasteiger partial charge in [-0.25, -0.2) is 22.7 Å². The number of nitrogens with zero attached hydrogens (tertiary/aromatic N) is 4. The van der Waals surface area contributed by atoms with E-state index in [1.54, 1.807) is 0 Å². The molecule has 126 valence electrons. The summed E-state index contributed by atoms with van der Waals surface area (Å²) in [5.74, 6) is -2.49. The van der Waals surface area contributed by atoms with Crippen LogP contribution in [0, 0.1) is 23.4 Å². The molecular weight excluding hydrogens is 341 g/mol. The van der Waals surface area contributed by atoms with Crippen molar-refractivity contribution in [2.24, 2.45) is 5.92 Å². The van der Waals surface area contributed by atoms with E-state index in [1.165, 1.54) is 17.0 Å². The van der Waals surface area contributed by atoms with Crippen molar-refractivity contribution in [2.45, 2.75) is 19.8 Å². The van der Waals surface area contributed by atoms with Crippen molar-refractivity contribution >= 4 is 17.4 Å². The van der Waals surface area contributed by atoms with Gasteiger partial charge in [-0.15, -0.1) is 11.6 Å². The minimum absolute atomic E-state index is 0.00913. The second-order valence-electron chi connectivity index (χ2n) is 5.71. The van der Waals surface area contributed by atoms with E-state index in [1.807, 2.05) is 13.8 Å². The molecule has 0 N–H and O–H groups in total. The molecule has 4 nitrogen and oxygen atoms in total. The summed E-state index contributed by atoms with van der Waals surface area (Å²) < 4.78 is 43.1. The van der Waals surface area contributed by atoms with Crippen LogP contribution in [-0.4, -0.2) is 25.5 Å². The van der Waals surface area contributed by atoms with Crippen molar-refractivity contribution in [1.29, 1.82) is 0 Å². The number of hydrogen-bond donors (Lipinski definition) is 0. The van der Waals surface area contributed by atoms with E-state index in [0.29, 0.717) is 29.5 Å². The fourth-order valence-corrected chi connectivity index (χ4v) is 2.78. The zero-order valence-electron chi connectivity index (χ0n) is 13.0.